The van der Waals surface area contributed by atoms with Gasteiger partial charge in [-0.25, -0.2) is 18.1 Å². The standard InChI is InChI=1S/C16H23N5O4S/c1-12(22)19-13-4-6-15(7-5-13)26(23,24)20-16-17-10-21(11-18-16)9-14-3-2-8-25-14/h4-7,14H,2-3,8-11H2,1H3,(H,19,22)(H2,17,18,20)/t14-/m0/s1. The molecule has 0 unspecified atom stereocenters. The van der Waals surface area contributed by atoms with E-state index >= 15 is 0 Å². The summed E-state index contributed by atoms with van der Waals surface area (Å²) in [6, 6.07) is 5.94. The molecule has 1 aromatic carbocycles. The third-order valence-electron chi connectivity index (χ3n) is 4.10. The van der Waals surface area contributed by atoms with Gasteiger partial charge in [0.15, 0.2) is 0 Å². The first-order valence-corrected chi connectivity index (χ1v) is 9.93. The monoisotopic (exact) mass is 381 g/mol. The molecule has 1 aromatic rings. The number of hydrogen-bond acceptors (Lipinski definition) is 7. The minimum Gasteiger partial charge on any atom is -0.377 e. The number of hydrogen-bond donors (Lipinski definition) is 3. The maximum absolute atomic E-state index is 12.4. The van der Waals surface area contributed by atoms with Crippen LogP contribution in [0.15, 0.2) is 34.2 Å². The van der Waals surface area contributed by atoms with E-state index < -0.39 is 10.0 Å². The third kappa shape index (κ3) is 4.93. The molecule has 0 saturated carbocycles. The van der Waals surface area contributed by atoms with Crippen LogP contribution in [0.5, 0.6) is 0 Å². The van der Waals surface area contributed by atoms with Crippen LogP contribution in [0, 0.1) is 0 Å². The van der Waals surface area contributed by atoms with Gasteiger partial charge in [0.1, 0.15) is 0 Å². The highest BCUT2D eigenvalue weighted by Gasteiger charge is 2.23. The Hall–Kier alpha value is -2.17. The highest BCUT2D eigenvalue weighted by molar-refractivity contribution is 7.90. The van der Waals surface area contributed by atoms with Crippen molar-refractivity contribution in [3.63, 3.8) is 0 Å². The van der Waals surface area contributed by atoms with Crippen LogP contribution in [0.2, 0.25) is 0 Å². The Morgan fingerprint density at radius 2 is 2.15 bits per heavy atom. The number of nitrogens with zero attached hydrogens (tertiary/aromatic N) is 2. The van der Waals surface area contributed by atoms with Crippen molar-refractivity contribution in [3.05, 3.63) is 24.3 Å². The van der Waals surface area contributed by atoms with Crippen molar-refractivity contribution < 1.29 is 17.9 Å². The van der Waals surface area contributed by atoms with E-state index in [-0.39, 0.29) is 22.9 Å². The number of aliphatic imine (C=N–C) groups is 1. The van der Waals surface area contributed by atoms with Crippen molar-refractivity contribution in [3.8, 4) is 0 Å². The van der Waals surface area contributed by atoms with E-state index in [1.807, 2.05) is 0 Å². The molecule has 142 valence electrons. The first-order chi connectivity index (χ1) is 12.4. The first-order valence-electron chi connectivity index (χ1n) is 8.45. The molecule has 3 N–H and O–H groups in total. The van der Waals surface area contributed by atoms with Crippen LogP contribution in [-0.2, 0) is 19.6 Å². The van der Waals surface area contributed by atoms with E-state index in [2.05, 4.69) is 25.2 Å². The van der Waals surface area contributed by atoms with E-state index in [4.69, 9.17) is 4.74 Å². The van der Waals surface area contributed by atoms with Crippen LogP contribution >= 0.6 is 0 Å². The van der Waals surface area contributed by atoms with Gasteiger partial charge in [-0.15, -0.1) is 0 Å². The van der Waals surface area contributed by atoms with Crippen LogP contribution in [0.25, 0.3) is 0 Å². The SMILES string of the molecule is CC(=O)Nc1ccc(S(=O)(=O)NC2=NCN(C[C@@H]3CCCO3)CN2)cc1. The fourth-order valence-electron chi connectivity index (χ4n) is 2.84. The van der Waals surface area contributed by atoms with E-state index in [1.165, 1.54) is 31.2 Å². The fraction of sp³-hybridized carbons (Fsp3) is 0.500. The zero-order valence-electron chi connectivity index (χ0n) is 14.6. The van der Waals surface area contributed by atoms with Crippen molar-refractivity contribution in [1.82, 2.24) is 14.9 Å². The molecule has 1 saturated heterocycles. The second-order valence-electron chi connectivity index (χ2n) is 6.28. The average Bonchev–Trinajstić information content (AvgIpc) is 3.09. The fourth-order valence-corrected chi connectivity index (χ4v) is 3.84. The number of anilines is 1. The summed E-state index contributed by atoms with van der Waals surface area (Å²) in [5, 5.41) is 5.57. The molecule has 2 heterocycles. The van der Waals surface area contributed by atoms with E-state index in [9.17, 15) is 13.2 Å². The van der Waals surface area contributed by atoms with Crippen molar-refractivity contribution in [2.45, 2.75) is 30.8 Å². The Labute approximate surface area is 152 Å². The number of guanidine groups is 1. The second kappa shape index (κ2) is 8.02. The van der Waals surface area contributed by atoms with Gasteiger partial charge in [-0.05, 0) is 37.1 Å². The zero-order valence-corrected chi connectivity index (χ0v) is 15.4. The summed E-state index contributed by atoms with van der Waals surface area (Å²) in [6.07, 6.45) is 2.36. The smallest absolute Gasteiger partial charge is 0.264 e. The molecule has 26 heavy (non-hydrogen) atoms. The molecule has 2 aliphatic rings. The molecule has 1 atom stereocenters. The number of benzene rings is 1. The highest BCUT2D eigenvalue weighted by Crippen LogP contribution is 2.15. The maximum Gasteiger partial charge on any atom is 0.264 e. The van der Waals surface area contributed by atoms with E-state index in [1.54, 1.807) is 0 Å². The Bertz CT molecular complexity index is 772. The molecule has 9 nitrogen and oxygen atoms in total. The lowest BCUT2D eigenvalue weighted by atomic mass is 10.2. The molecule has 0 aromatic heterocycles. The van der Waals surface area contributed by atoms with Crippen LogP contribution < -0.4 is 15.4 Å². The number of amides is 1. The summed E-state index contributed by atoms with van der Waals surface area (Å²) < 4.78 is 32.9. The number of ether oxygens (including phenoxy) is 1. The molecular formula is C16H23N5O4S. The third-order valence-corrected chi connectivity index (χ3v) is 5.46. The topological polar surface area (TPSA) is 112 Å². The van der Waals surface area contributed by atoms with Gasteiger partial charge in [-0.1, -0.05) is 0 Å². The molecule has 0 spiro atoms. The highest BCUT2D eigenvalue weighted by atomic mass is 32.2. The molecule has 3 rings (SSSR count). The zero-order chi connectivity index (χ0) is 18.6. The number of sulfonamides is 1. The van der Waals surface area contributed by atoms with Crippen molar-refractivity contribution in [2.24, 2.45) is 4.99 Å². The predicted octanol–water partition coefficient (Wildman–Crippen LogP) is 0.279. The minimum absolute atomic E-state index is 0.0953. The molecule has 2 aliphatic heterocycles. The Kier molecular flexibility index (Phi) is 5.74. The normalized spacial score (nSPS) is 21.0. The van der Waals surface area contributed by atoms with Gasteiger partial charge in [0.25, 0.3) is 10.0 Å². The van der Waals surface area contributed by atoms with Gasteiger partial charge in [-0.2, -0.15) is 0 Å². The Morgan fingerprint density at radius 3 is 2.73 bits per heavy atom. The largest absolute Gasteiger partial charge is 0.377 e. The summed E-state index contributed by atoms with van der Waals surface area (Å²) in [5.41, 5.74) is 0.536. The van der Waals surface area contributed by atoms with Gasteiger partial charge < -0.3 is 15.4 Å². The van der Waals surface area contributed by atoms with E-state index in [0.717, 1.165) is 26.0 Å². The number of carbonyl (C=O) groups is 1. The van der Waals surface area contributed by atoms with Gasteiger partial charge in [0.2, 0.25) is 11.9 Å². The molecular weight excluding hydrogens is 358 g/mol. The average molecular weight is 381 g/mol. The summed E-state index contributed by atoms with van der Waals surface area (Å²) in [7, 11) is -3.74. The van der Waals surface area contributed by atoms with Crippen molar-refractivity contribution in [2.75, 3.05) is 31.8 Å². The minimum atomic E-state index is -3.74. The lowest BCUT2D eigenvalue weighted by molar-refractivity contribution is -0.114. The molecule has 0 radical (unpaired) electrons. The number of rotatable bonds is 5. The lowest BCUT2D eigenvalue weighted by Gasteiger charge is -2.28. The summed E-state index contributed by atoms with van der Waals surface area (Å²) >= 11 is 0. The van der Waals surface area contributed by atoms with Gasteiger partial charge in [0, 0.05) is 25.8 Å². The Morgan fingerprint density at radius 1 is 1.38 bits per heavy atom. The molecule has 1 amide bonds. The van der Waals surface area contributed by atoms with Gasteiger partial charge >= 0.3 is 0 Å². The summed E-state index contributed by atoms with van der Waals surface area (Å²) in [6.45, 7) is 3.89. The van der Waals surface area contributed by atoms with Gasteiger partial charge in [0.05, 0.1) is 24.3 Å². The second-order valence-corrected chi connectivity index (χ2v) is 7.96. The maximum atomic E-state index is 12.4. The van der Waals surface area contributed by atoms with Crippen molar-refractivity contribution >= 4 is 27.6 Å². The van der Waals surface area contributed by atoms with Crippen LogP contribution in [-0.4, -0.2) is 57.8 Å². The summed E-state index contributed by atoms with van der Waals surface area (Å²) in [5.74, 6) is 0.00609. The van der Waals surface area contributed by atoms with E-state index in [0.29, 0.717) is 19.0 Å². The van der Waals surface area contributed by atoms with Crippen LogP contribution in [0.1, 0.15) is 19.8 Å². The van der Waals surface area contributed by atoms with Crippen LogP contribution in [0.3, 0.4) is 0 Å². The van der Waals surface area contributed by atoms with Gasteiger partial charge in [-0.3, -0.25) is 9.69 Å². The quantitative estimate of drug-likeness (QED) is 0.675. The summed E-state index contributed by atoms with van der Waals surface area (Å²) in [4.78, 5) is 17.4. The lowest BCUT2D eigenvalue weighted by Crippen LogP contribution is -2.51. The molecule has 10 heteroatoms. The Balaban J connectivity index is 1.57. The number of carbonyl (C=O) groups excluding carboxylic acids is 1. The first kappa shape index (κ1) is 18.6. The van der Waals surface area contributed by atoms with Crippen LogP contribution in [0.4, 0.5) is 5.69 Å². The molecule has 0 bridgehead atoms. The number of nitrogens with one attached hydrogen (secondary N) is 3. The van der Waals surface area contributed by atoms with Crippen molar-refractivity contribution in [1.29, 1.82) is 0 Å². The molecule has 0 aliphatic carbocycles. The predicted molar refractivity (Wildman–Crippen MR) is 97.1 cm³/mol. The molecule has 1 fully saturated rings.